The molecule has 2 aromatic heterocycles. The van der Waals surface area contributed by atoms with Crippen LogP contribution >= 0.6 is 22.7 Å². The number of hydrogen-bond donors (Lipinski definition) is 1. The van der Waals surface area contributed by atoms with Gasteiger partial charge in [0, 0.05) is 16.2 Å². The molecule has 1 amide bonds. The molecule has 2 atom stereocenters. The van der Waals surface area contributed by atoms with E-state index in [0.717, 1.165) is 17.0 Å². The van der Waals surface area contributed by atoms with Crippen LogP contribution in [-0.4, -0.2) is 10.9 Å². The molecule has 3 rings (SSSR count). The Morgan fingerprint density at radius 1 is 1.50 bits per heavy atom. The van der Waals surface area contributed by atoms with E-state index in [9.17, 15) is 4.79 Å². The van der Waals surface area contributed by atoms with Crippen molar-refractivity contribution in [2.24, 2.45) is 11.8 Å². The SMILES string of the molecule is Cc1ccc(-c2csc(NC(=O)C3CC3C)n2)s1. The molecule has 1 saturated carbocycles. The van der Waals surface area contributed by atoms with Crippen molar-refractivity contribution in [2.75, 3.05) is 5.32 Å². The van der Waals surface area contributed by atoms with Crippen molar-refractivity contribution >= 4 is 33.7 Å². The fourth-order valence-corrected chi connectivity index (χ4v) is 3.52. The third kappa shape index (κ3) is 2.33. The third-order valence-corrected chi connectivity index (χ3v) is 4.95. The largest absolute Gasteiger partial charge is 0.302 e. The molecule has 1 aliphatic carbocycles. The van der Waals surface area contributed by atoms with E-state index in [4.69, 9.17) is 0 Å². The van der Waals surface area contributed by atoms with E-state index in [1.54, 1.807) is 11.3 Å². The van der Waals surface area contributed by atoms with Crippen molar-refractivity contribution in [3.05, 3.63) is 22.4 Å². The zero-order valence-corrected chi connectivity index (χ0v) is 11.9. The Morgan fingerprint density at radius 3 is 2.89 bits per heavy atom. The topological polar surface area (TPSA) is 42.0 Å². The number of carbonyl (C=O) groups excluding carboxylic acids is 1. The van der Waals surface area contributed by atoms with E-state index >= 15 is 0 Å². The first-order valence-electron chi connectivity index (χ1n) is 5.96. The number of thiophene rings is 1. The van der Waals surface area contributed by atoms with Gasteiger partial charge in [-0.1, -0.05) is 6.92 Å². The fraction of sp³-hybridized carbons (Fsp3) is 0.385. The number of anilines is 1. The molecule has 0 bridgehead atoms. The first kappa shape index (κ1) is 11.9. The van der Waals surface area contributed by atoms with Crippen LogP contribution in [-0.2, 0) is 4.79 Å². The minimum Gasteiger partial charge on any atom is -0.302 e. The summed E-state index contributed by atoms with van der Waals surface area (Å²) in [5, 5.41) is 5.61. The highest BCUT2D eigenvalue weighted by Crippen LogP contribution is 2.39. The molecular formula is C13H14N2OS2. The second-order valence-corrected chi connectivity index (χ2v) is 6.90. The van der Waals surface area contributed by atoms with Gasteiger partial charge in [0.25, 0.3) is 0 Å². The molecule has 18 heavy (non-hydrogen) atoms. The highest BCUT2D eigenvalue weighted by Gasteiger charge is 2.39. The summed E-state index contributed by atoms with van der Waals surface area (Å²) in [6.45, 7) is 4.18. The Hall–Kier alpha value is -1.20. The lowest BCUT2D eigenvalue weighted by Gasteiger charge is -1.98. The van der Waals surface area contributed by atoms with Crippen LogP contribution in [0.3, 0.4) is 0 Å². The van der Waals surface area contributed by atoms with Crippen LogP contribution in [0.5, 0.6) is 0 Å². The predicted molar refractivity (Wildman–Crippen MR) is 76.1 cm³/mol. The van der Waals surface area contributed by atoms with E-state index < -0.39 is 0 Å². The van der Waals surface area contributed by atoms with Crippen molar-refractivity contribution in [1.82, 2.24) is 4.98 Å². The zero-order chi connectivity index (χ0) is 12.7. The zero-order valence-electron chi connectivity index (χ0n) is 10.3. The molecule has 0 spiro atoms. The fourth-order valence-electron chi connectivity index (χ4n) is 1.90. The second kappa shape index (κ2) is 4.48. The highest BCUT2D eigenvalue weighted by atomic mass is 32.1. The highest BCUT2D eigenvalue weighted by molar-refractivity contribution is 7.17. The van der Waals surface area contributed by atoms with Gasteiger partial charge in [-0.3, -0.25) is 4.79 Å². The van der Waals surface area contributed by atoms with Crippen LogP contribution in [0.15, 0.2) is 17.5 Å². The summed E-state index contributed by atoms with van der Waals surface area (Å²) in [5.41, 5.74) is 0.956. The minimum absolute atomic E-state index is 0.116. The van der Waals surface area contributed by atoms with Crippen LogP contribution in [0.25, 0.3) is 10.6 Å². The summed E-state index contributed by atoms with van der Waals surface area (Å²) in [6.07, 6.45) is 1.01. The average Bonchev–Trinajstić information content (AvgIpc) is 2.77. The summed E-state index contributed by atoms with van der Waals surface area (Å²) in [4.78, 5) is 18.7. The molecule has 1 N–H and O–H groups in total. The van der Waals surface area contributed by atoms with E-state index in [1.165, 1.54) is 16.2 Å². The molecule has 3 nitrogen and oxygen atoms in total. The normalized spacial score (nSPS) is 21.9. The summed E-state index contributed by atoms with van der Waals surface area (Å²) < 4.78 is 0. The van der Waals surface area contributed by atoms with Crippen molar-refractivity contribution in [1.29, 1.82) is 0 Å². The van der Waals surface area contributed by atoms with Crippen molar-refractivity contribution in [3.63, 3.8) is 0 Å². The van der Waals surface area contributed by atoms with E-state index in [0.29, 0.717) is 11.0 Å². The Bertz CT molecular complexity index is 587. The van der Waals surface area contributed by atoms with Gasteiger partial charge in [0.2, 0.25) is 5.91 Å². The summed E-state index contributed by atoms with van der Waals surface area (Å²) in [7, 11) is 0. The van der Waals surface area contributed by atoms with Gasteiger partial charge >= 0.3 is 0 Å². The van der Waals surface area contributed by atoms with Gasteiger partial charge in [0.05, 0.1) is 10.6 Å². The molecule has 5 heteroatoms. The standard InChI is InChI=1S/C13H14N2OS2/c1-7-5-9(7)12(16)15-13-14-10(6-17-13)11-4-3-8(2)18-11/h3-4,6-7,9H,5H2,1-2H3,(H,14,15,16). The molecular weight excluding hydrogens is 264 g/mol. The number of nitrogens with zero attached hydrogens (tertiary/aromatic N) is 1. The van der Waals surface area contributed by atoms with Gasteiger partial charge in [-0.15, -0.1) is 22.7 Å². The third-order valence-electron chi connectivity index (χ3n) is 3.17. The van der Waals surface area contributed by atoms with Crippen LogP contribution in [0, 0.1) is 18.8 Å². The Labute approximate surface area is 114 Å². The number of carbonyl (C=O) groups is 1. The van der Waals surface area contributed by atoms with Crippen molar-refractivity contribution in [3.8, 4) is 10.6 Å². The molecule has 0 radical (unpaired) electrons. The molecule has 1 aliphatic rings. The van der Waals surface area contributed by atoms with Crippen molar-refractivity contribution in [2.45, 2.75) is 20.3 Å². The number of aromatic nitrogens is 1. The lowest BCUT2D eigenvalue weighted by Crippen LogP contribution is -2.14. The molecule has 94 valence electrons. The lowest BCUT2D eigenvalue weighted by molar-refractivity contribution is -0.117. The molecule has 0 aromatic carbocycles. The number of thiazole rings is 1. The number of rotatable bonds is 3. The molecule has 0 saturated heterocycles. The van der Waals surface area contributed by atoms with E-state index in [1.807, 2.05) is 5.38 Å². The Balaban J connectivity index is 1.71. The van der Waals surface area contributed by atoms with Crippen LogP contribution in [0.1, 0.15) is 18.2 Å². The molecule has 2 aromatic rings. The maximum Gasteiger partial charge on any atom is 0.229 e. The quantitative estimate of drug-likeness (QED) is 0.928. The van der Waals surface area contributed by atoms with Crippen LogP contribution in [0.4, 0.5) is 5.13 Å². The van der Waals surface area contributed by atoms with Crippen LogP contribution < -0.4 is 5.32 Å². The molecule has 2 unspecified atom stereocenters. The smallest absolute Gasteiger partial charge is 0.229 e. The molecule has 1 fully saturated rings. The van der Waals surface area contributed by atoms with Gasteiger partial charge in [-0.05, 0) is 31.4 Å². The average molecular weight is 278 g/mol. The maximum absolute atomic E-state index is 11.8. The van der Waals surface area contributed by atoms with E-state index in [-0.39, 0.29) is 11.8 Å². The number of amides is 1. The van der Waals surface area contributed by atoms with Crippen LogP contribution in [0.2, 0.25) is 0 Å². The summed E-state index contributed by atoms with van der Waals surface area (Å²) >= 11 is 3.22. The minimum atomic E-state index is 0.116. The summed E-state index contributed by atoms with van der Waals surface area (Å²) in [5.74, 6) is 0.844. The number of nitrogens with one attached hydrogen (secondary N) is 1. The monoisotopic (exact) mass is 278 g/mol. The molecule has 2 heterocycles. The number of hydrogen-bond acceptors (Lipinski definition) is 4. The predicted octanol–water partition coefficient (Wildman–Crippen LogP) is 3.77. The first-order chi connectivity index (χ1) is 8.63. The van der Waals surface area contributed by atoms with Gasteiger partial charge < -0.3 is 5.32 Å². The van der Waals surface area contributed by atoms with Crippen molar-refractivity contribution < 1.29 is 4.79 Å². The van der Waals surface area contributed by atoms with Gasteiger partial charge in [0.1, 0.15) is 0 Å². The molecule has 0 aliphatic heterocycles. The second-order valence-electron chi connectivity index (χ2n) is 4.76. The Kier molecular flexibility index (Phi) is 2.95. The summed E-state index contributed by atoms with van der Waals surface area (Å²) in [6, 6.07) is 4.16. The van der Waals surface area contributed by atoms with Gasteiger partial charge in [-0.2, -0.15) is 0 Å². The van der Waals surface area contributed by atoms with E-state index in [2.05, 4.69) is 36.3 Å². The maximum atomic E-state index is 11.8. The number of aryl methyl sites for hydroxylation is 1. The lowest BCUT2D eigenvalue weighted by atomic mass is 10.3. The van der Waals surface area contributed by atoms with Gasteiger partial charge in [0.15, 0.2) is 5.13 Å². The van der Waals surface area contributed by atoms with Gasteiger partial charge in [-0.25, -0.2) is 4.98 Å². The Morgan fingerprint density at radius 2 is 2.28 bits per heavy atom. The first-order valence-corrected chi connectivity index (χ1v) is 7.66.